The van der Waals surface area contributed by atoms with Crippen molar-refractivity contribution in [3.63, 3.8) is 0 Å². The van der Waals surface area contributed by atoms with Gasteiger partial charge in [0.05, 0.1) is 12.2 Å². The van der Waals surface area contributed by atoms with Gasteiger partial charge >= 0.3 is 12.0 Å². The molecule has 0 fully saturated rings. The van der Waals surface area contributed by atoms with Gasteiger partial charge in [0.2, 0.25) is 5.76 Å². The summed E-state index contributed by atoms with van der Waals surface area (Å²) in [6.45, 7) is 0.538. The number of carboxylic acids is 1. The van der Waals surface area contributed by atoms with Gasteiger partial charge in [0.1, 0.15) is 18.6 Å². The Morgan fingerprint density at radius 1 is 1.35 bits per heavy atom. The number of hydrogen-bond donors (Lipinski definition) is 3. The van der Waals surface area contributed by atoms with E-state index < -0.39 is 12.0 Å². The van der Waals surface area contributed by atoms with Crippen molar-refractivity contribution in [2.75, 3.05) is 17.5 Å². The molecular formula is C14H13BrN2O5S. The van der Waals surface area contributed by atoms with Crippen molar-refractivity contribution in [1.29, 1.82) is 0 Å². The number of hydrogen-bond acceptors (Lipinski definition) is 5. The first-order chi connectivity index (χ1) is 11.0. The second kappa shape index (κ2) is 7.93. The number of amides is 2. The van der Waals surface area contributed by atoms with Crippen molar-refractivity contribution in [2.45, 2.75) is 0 Å². The fourth-order valence-corrected chi connectivity index (χ4v) is 2.04. The molecule has 2 rings (SSSR count). The minimum atomic E-state index is -1.22. The molecule has 2 amide bonds. The third-order valence-electron chi connectivity index (χ3n) is 2.69. The lowest BCUT2D eigenvalue weighted by Crippen LogP contribution is -2.36. The molecule has 23 heavy (non-hydrogen) atoms. The van der Waals surface area contributed by atoms with Crippen LogP contribution in [0.25, 0.3) is 0 Å². The highest BCUT2D eigenvalue weighted by Crippen LogP contribution is 2.20. The first kappa shape index (κ1) is 17.2. The number of furan rings is 1. The molecule has 0 unspecified atom stereocenters. The Balaban J connectivity index is 1.77. The van der Waals surface area contributed by atoms with Gasteiger partial charge in [0, 0.05) is 10.5 Å². The second-order valence-electron chi connectivity index (χ2n) is 4.32. The van der Waals surface area contributed by atoms with Crippen LogP contribution in [0.2, 0.25) is 0 Å². The van der Waals surface area contributed by atoms with Crippen LogP contribution in [0.5, 0.6) is 5.75 Å². The van der Waals surface area contributed by atoms with E-state index >= 15 is 0 Å². The average molecular weight is 401 g/mol. The molecule has 0 bridgehead atoms. The molecule has 2 aromatic rings. The monoisotopic (exact) mass is 400 g/mol. The molecule has 1 heterocycles. The number of rotatable bonds is 6. The zero-order valence-corrected chi connectivity index (χ0v) is 14.2. The average Bonchev–Trinajstić information content (AvgIpc) is 3.02. The molecule has 1 aromatic carbocycles. The first-order valence-electron chi connectivity index (χ1n) is 6.44. The van der Waals surface area contributed by atoms with Crippen molar-refractivity contribution in [1.82, 2.24) is 5.32 Å². The molecule has 7 nitrogen and oxygen atoms in total. The normalized spacial score (nSPS) is 10.2. The van der Waals surface area contributed by atoms with Crippen LogP contribution in [0, 0.1) is 0 Å². The van der Waals surface area contributed by atoms with Crippen LogP contribution in [0.3, 0.4) is 0 Å². The first-order valence-corrected chi connectivity index (χ1v) is 7.63. The van der Waals surface area contributed by atoms with E-state index in [1.807, 2.05) is 12.1 Å². The Labute approximate surface area is 145 Å². The van der Waals surface area contributed by atoms with Crippen LogP contribution < -0.4 is 14.4 Å². The molecule has 0 aliphatic rings. The fourth-order valence-electron chi connectivity index (χ4n) is 1.60. The molecule has 2 N–H and O–H groups in total. The standard InChI is InChI=1S/C14H13BrN2O5S/c15-9-1-3-11(4-2-9)21-6-5-16-14(20)17(23)10-7-12(13(18)19)22-8-10/h1-4,7-8,23H,5-6H2,(H,16,20)(H,18,19). The summed E-state index contributed by atoms with van der Waals surface area (Å²) in [5.41, 5.74) is 0.220. The minimum absolute atomic E-state index is 0.220. The Bertz CT molecular complexity index is 689. The summed E-state index contributed by atoms with van der Waals surface area (Å²) in [4.78, 5) is 22.6. The maximum absolute atomic E-state index is 11.9. The summed E-state index contributed by atoms with van der Waals surface area (Å²) in [6.07, 6.45) is 1.13. The van der Waals surface area contributed by atoms with Crippen molar-refractivity contribution >= 4 is 46.4 Å². The Kier molecular flexibility index (Phi) is 5.94. The molecule has 0 aliphatic heterocycles. The lowest BCUT2D eigenvalue weighted by molar-refractivity contribution is 0.0662. The number of halogens is 1. The van der Waals surface area contributed by atoms with Crippen LogP contribution in [-0.4, -0.2) is 30.3 Å². The van der Waals surface area contributed by atoms with Gasteiger partial charge in [-0.3, -0.25) is 0 Å². The van der Waals surface area contributed by atoms with Crippen LogP contribution in [0.15, 0.2) is 45.5 Å². The lowest BCUT2D eigenvalue weighted by atomic mass is 10.3. The van der Waals surface area contributed by atoms with Crippen LogP contribution in [0.4, 0.5) is 10.5 Å². The van der Waals surface area contributed by atoms with Crippen molar-refractivity contribution < 1.29 is 23.8 Å². The molecule has 1 aromatic heterocycles. The summed E-state index contributed by atoms with van der Waals surface area (Å²) in [6, 6.07) is 7.98. The highest BCUT2D eigenvalue weighted by molar-refractivity contribution is 9.10. The SMILES string of the molecule is O=C(O)c1cc(N(S)C(=O)NCCOc2ccc(Br)cc2)co1. The van der Waals surface area contributed by atoms with E-state index in [2.05, 4.69) is 34.1 Å². The predicted octanol–water partition coefficient (Wildman–Crippen LogP) is 3.18. The largest absolute Gasteiger partial charge is 0.492 e. The molecule has 0 radical (unpaired) electrons. The Morgan fingerprint density at radius 2 is 2.04 bits per heavy atom. The zero-order chi connectivity index (χ0) is 16.8. The number of thiol groups is 1. The van der Waals surface area contributed by atoms with Crippen molar-refractivity contribution in [3.05, 3.63) is 46.8 Å². The van der Waals surface area contributed by atoms with Crippen molar-refractivity contribution in [2.24, 2.45) is 0 Å². The number of anilines is 1. The van der Waals surface area contributed by atoms with E-state index in [1.54, 1.807) is 12.1 Å². The van der Waals surface area contributed by atoms with E-state index in [1.165, 1.54) is 6.07 Å². The van der Waals surface area contributed by atoms with E-state index in [9.17, 15) is 9.59 Å². The van der Waals surface area contributed by atoms with E-state index in [0.717, 1.165) is 15.0 Å². The third-order valence-corrected chi connectivity index (χ3v) is 3.64. The van der Waals surface area contributed by atoms with Gasteiger partial charge in [-0.05, 0) is 24.3 Å². The van der Waals surface area contributed by atoms with Gasteiger partial charge in [0.25, 0.3) is 0 Å². The number of benzene rings is 1. The predicted molar refractivity (Wildman–Crippen MR) is 90.2 cm³/mol. The summed E-state index contributed by atoms with van der Waals surface area (Å²) >= 11 is 7.33. The van der Waals surface area contributed by atoms with Crippen LogP contribution in [-0.2, 0) is 0 Å². The number of ether oxygens (including phenoxy) is 1. The quantitative estimate of drug-likeness (QED) is 0.511. The molecule has 0 spiro atoms. The highest BCUT2D eigenvalue weighted by atomic mass is 79.9. The molecular weight excluding hydrogens is 388 g/mol. The molecule has 0 aliphatic carbocycles. The Hall–Kier alpha value is -2.13. The maximum atomic E-state index is 11.9. The van der Waals surface area contributed by atoms with Gasteiger partial charge in [-0.1, -0.05) is 28.7 Å². The summed E-state index contributed by atoms with van der Waals surface area (Å²) in [5.74, 6) is -0.808. The van der Waals surface area contributed by atoms with Gasteiger partial charge in [-0.15, -0.1) is 0 Å². The summed E-state index contributed by atoms with van der Waals surface area (Å²) in [5, 5.41) is 11.3. The van der Waals surface area contributed by atoms with Crippen molar-refractivity contribution in [3.8, 4) is 5.75 Å². The molecule has 0 saturated carbocycles. The highest BCUT2D eigenvalue weighted by Gasteiger charge is 2.17. The number of carbonyl (C=O) groups excluding carboxylic acids is 1. The number of aromatic carboxylic acids is 1. The van der Waals surface area contributed by atoms with Gasteiger partial charge in [-0.25, -0.2) is 13.9 Å². The summed E-state index contributed by atoms with van der Waals surface area (Å²) in [7, 11) is 0. The fraction of sp³-hybridized carbons (Fsp3) is 0.143. The van der Waals surface area contributed by atoms with Crippen LogP contribution in [0.1, 0.15) is 10.6 Å². The number of carboxylic acid groups (broad SMARTS) is 1. The van der Waals surface area contributed by atoms with Gasteiger partial charge in [-0.2, -0.15) is 0 Å². The molecule has 0 atom stereocenters. The molecule has 9 heteroatoms. The van der Waals surface area contributed by atoms with E-state index in [4.69, 9.17) is 14.3 Å². The third kappa shape index (κ3) is 4.93. The van der Waals surface area contributed by atoms with E-state index in [-0.39, 0.29) is 24.6 Å². The number of urea groups is 1. The van der Waals surface area contributed by atoms with Gasteiger partial charge < -0.3 is 19.6 Å². The zero-order valence-electron chi connectivity index (χ0n) is 11.7. The smallest absolute Gasteiger partial charge is 0.371 e. The number of nitrogens with one attached hydrogen (secondary N) is 1. The second-order valence-corrected chi connectivity index (χ2v) is 5.64. The number of carbonyl (C=O) groups is 2. The maximum Gasteiger partial charge on any atom is 0.371 e. The number of nitrogens with zero attached hydrogens (tertiary/aromatic N) is 1. The van der Waals surface area contributed by atoms with Crippen LogP contribution >= 0.6 is 28.7 Å². The van der Waals surface area contributed by atoms with E-state index in [0.29, 0.717) is 5.75 Å². The summed E-state index contributed by atoms with van der Waals surface area (Å²) < 4.78 is 12.2. The minimum Gasteiger partial charge on any atom is -0.492 e. The Morgan fingerprint density at radius 3 is 2.65 bits per heavy atom. The lowest BCUT2D eigenvalue weighted by Gasteiger charge is -2.14. The molecule has 0 saturated heterocycles. The van der Waals surface area contributed by atoms with Gasteiger partial charge in [0.15, 0.2) is 0 Å². The molecule has 122 valence electrons. The topological polar surface area (TPSA) is 92.0 Å².